The number of hydrogen-bond donors (Lipinski definition) is 4. The molecular formula is C32H40N4O6S. The molecule has 0 radical (unpaired) electrons. The van der Waals surface area contributed by atoms with Gasteiger partial charge in [-0.1, -0.05) is 24.3 Å². The molecule has 2 aliphatic rings. The van der Waals surface area contributed by atoms with Crippen molar-refractivity contribution in [2.45, 2.75) is 88.8 Å². The monoisotopic (exact) mass is 608 g/mol. The molecule has 11 heteroatoms. The fourth-order valence-electron chi connectivity index (χ4n) is 5.82. The molecule has 3 aromatic rings. The van der Waals surface area contributed by atoms with E-state index >= 15 is 0 Å². The van der Waals surface area contributed by atoms with E-state index in [0.29, 0.717) is 30.0 Å². The van der Waals surface area contributed by atoms with Gasteiger partial charge in [0.25, 0.3) is 10.0 Å². The molecule has 5 rings (SSSR count). The average molecular weight is 609 g/mol. The molecular weight excluding hydrogens is 568 g/mol. The number of aromatic carboxylic acids is 1. The van der Waals surface area contributed by atoms with Crippen molar-refractivity contribution in [2.75, 3.05) is 11.3 Å². The van der Waals surface area contributed by atoms with Crippen LogP contribution in [0.1, 0.15) is 73.9 Å². The van der Waals surface area contributed by atoms with E-state index < -0.39 is 21.6 Å². The summed E-state index contributed by atoms with van der Waals surface area (Å²) >= 11 is 0. The third-order valence-electron chi connectivity index (χ3n) is 8.38. The number of aryl methyl sites for hydroxylation is 2. The zero-order valence-electron chi connectivity index (χ0n) is 25.1. The van der Waals surface area contributed by atoms with Gasteiger partial charge in [-0.3, -0.25) is 0 Å². The first-order chi connectivity index (χ1) is 20.2. The Morgan fingerprint density at radius 1 is 1.09 bits per heavy atom. The van der Waals surface area contributed by atoms with Crippen molar-refractivity contribution in [2.24, 2.45) is 5.41 Å². The molecule has 2 fully saturated rings. The van der Waals surface area contributed by atoms with E-state index in [1.165, 1.54) is 31.0 Å². The highest BCUT2D eigenvalue weighted by Gasteiger charge is 2.53. The highest BCUT2D eigenvalue weighted by Crippen LogP contribution is 2.60. The number of sulfonamides is 1. The molecule has 230 valence electrons. The number of benzene rings is 2. The molecule has 0 amide bonds. The van der Waals surface area contributed by atoms with Crippen LogP contribution in [-0.2, 0) is 10.0 Å². The number of carboxylic acid groups (broad SMARTS) is 1. The van der Waals surface area contributed by atoms with E-state index in [9.17, 15) is 23.4 Å². The lowest BCUT2D eigenvalue weighted by Crippen LogP contribution is -2.49. The van der Waals surface area contributed by atoms with Gasteiger partial charge >= 0.3 is 5.97 Å². The van der Waals surface area contributed by atoms with Crippen molar-refractivity contribution in [1.82, 2.24) is 15.3 Å². The molecule has 1 atom stereocenters. The van der Waals surface area contributed by atoms with Crippen molar-refractivity contribution in [3.8, 4) is 17.1 Å². The number of rotatable bonds is 13. The molecule has 4 N–H and O–H groups in total. The highest BCUT2D eigenvalue weighted by atomic mass is 32.2. The largest absolute Gasteiger partial charge is 0.478 e. The van der Waals surface area contributed by atoms with Crippen LogP contribution in [0.3, 0.4) is 0 Å². The van der Waals surface area contributed by atoms with Crippen molar-refractivity contribution < 1.29 is 28.2 Å². The second-order valence-corrected chi connectivity index (χ2v) is 14.4. The van der Waals surface area contributed by atoms with Crippen LogP contribution in [-0.4, -0.2) is 58.9 Å². The number of hydrogen-bond acceptors (Lipinski definition) is 8. The standard InChI is InChI=1S/C32H40N4O6S/c1-20-7-5-8-21(2)28(20)26-16-27(35-30(34-26)36-43(40,41)25-10-6-9-22(15-25)29(37)38)42-19-23(11-12-31(3,4)39)33-24-17-32(18-24)13-14-32/h5-10,15-16,23-24,33,39H,11-14,17-19H2,1-4H3,(H,37,38)(H,34,35,36)/t23-/m1/s1. The van der Waals surface area contributed by atoms with Gasteiger partial charge in [-0.05, 0) is 101 Å². The van der Waals surface area contributed by atoms with E-state index in [1.54, 1.807) is 19.9 Å². The van der Waals surface area contributed by atoms with Crippen LogP contribution in [0.25, 0.3) is 11.3 Å². The van der Waals surface area contributed by atoms with Gasteiger partial charge in [-0.25, -0.2) is 22.9 Å². The van der Waals surface area contributed by atoms with Gasteiger partial charge in [-0.2, -0.15) is 4.98 Å². The Morgan fingerprint density at radius 3 is 2.40 bits per heavy atom. The number of anilines is 1. The lowest BCUT2D eigenvalue weighted by Gasteiger charge is -2.39. The molecule has 0 aliphatic heterocycles. The first-order valence-electron chi connectivity index (χ1n) is 14.7. The van der Waals surface area contributed by atoms with Gasteiger partial charge in [0.2, 0.25) is 11.8 Å². The van der Waals surface area contributed by atoms with Crippen LogP contribution in [0.5, 0.6) is 5.88 Å². The Hall–Kier alpha value is -3.54. The lowest BCUT2D eigenvalue weighted by atomic mass is 9.76. The Bertz CT molecular complexity index is 1590. The van der Waals surface area contributed by atoms with Crippen molar-refractivity contribution in [3.63, 3.8) is 0 Å². The van der Waals surface area contributed by atoms with E-state index in [0.717, 1.165) is 35.6 Å². The quantitative estimate of drug-likeness (QED) is 0.208. The molecule has 2 saturated carbocycles. The molecule has 2 aromatic carbocycles. The summed E-state index contributed by atoms with van der Waals surface area (Å²) in [5.74, 6) is -1.22. The fourth-order valence-corrected chi connectivity index (χ4v) is 6.81. The van der Waals surface area contributed by atoms with Crippen LogP contribution >= 0.6 is 0 Å². The number of nitrogens with one attached hydrogen (secondary N) is 2. The fraction of sp³-hybridized carbons (Fsp3) is 0.469. The third kappa shape index (κ3) is 7.70. The Labute approximate surface area is 253 Å². The van der Waals surface area contributed by atoms with E-state index in [1.807, 2.05) is 32.0 Å². The minimum absolute atomic E-state index is 0.0370. The van der Waals surface area contributed by atoms with Gasteiger partial charge in [0.15, 0.2) is 0 Å². The maximum Gasteiger partial charge on any atom is 0.335 e. The molecule has 0 bridgehead atoms. The molecule has 1 spiro atoms. The number of nitrogens with zero attached hydrogens (tertiary/aromatic N) is 2. The minimum Gasteiger partial charge on any atom is -0.478 e. The Balaban J connectivity index is 1.42. The second kappa shape index (κ2) is 11.9. The molecule has 1 aromatic heterocycles. The van der Waals surface area contributed by atoms with Crippen LogP contribution in [0, 0.1) is 19.3 Å². The predicted molar refractivity (Wildman–Crippen MR) is 164 cm³/mol. The summed E-state index contributed by atoms with van der Waals surface area (Å²) in [4.78, 5) is 20.1. The molecule has 0 saturated heterocycles. The van der Waals surface area contributed by atoms with Crippen LogP contribution < -0.4 is 14.8 Å². The SMILES string of the molecule is Cc1cccc(C)c1-c1cc(OC[C@@H](CCC(C)(C)O)NC2CC3(CC3)C2)nc(NS(=O)(=O)c2cccc(C(=O)O)c2)n1. The summed E-state index contributed by atoms with van der Waals surface area (Å²) in [5, 5.41) is 23.4. The van der Waals surface area contributed by atoms with Crippen LogP contribution in [0.15, 0.2) is 53.4 Å². The van der Waals surface area contributed by atoms with Gasteiger partial charge < -0.3 is 20.3 Å². The molecule has 1 heterocycles. The number of aromatic nitrogens is 2. The van der Waals surface area contributed by atoms with Crippen molar-refractivity contribution >= 4 is 21.9 Å². The predicted octanol–water partition coefficient (Wildman–Crippen LogP) is 5.09. The maximum atomic E-state index is 13.3. The van der Waals surface area contributed by atoms with Crippen molar-refractivity contribution in [1.29, 1.82) is 0 Å². The topological polar surface area (TPSA) is 151 Å². The Morgan fingerprint density at radius 2 is 1.77 bits per heavy atom. The average Bonchev–Trinajstić information content (AvgIpc) is 3.70. The van der Waals surface area contributed by atoms with E-state index in [4.69, 9.17) is 4.74 Å². The number of carbonyl (C=O) groups is 1. The molecule has 0 unspecified atom stereocenters. The summed E-state index contributed by atoms with van der Waals surface area (Å²) in [6.07, 6.45) is 6.20. The zero-order chi connectivity index (χ0) is 31.0. The summed E-state index contributed by atoms with van der Waals surface area (Å²) in [7, 11) is -4.21. The van der Waals surface area contributed by atoms with E-state index in [2.05, 4.69) is 20.0 Å². The summed E-state index contributed by atoms with van der Waals surface area (Å²) in [5.41, 5.74) is 2.82. The molecule has 2 aliphatic carbocycles. The van der Waals surface area contributed by atoms with Gasteiger partial charge in [-0.15, -0.1) is 0 Å². The summed E-state index contributed by atoms with van der Waals surface area (Å²) < 4.78 is 35.2. The smallest absolute Gasteiger partial charge is 0.335 e. The lowest BCUT2D eigenvalue weighted by molar-refractivity contribution is 0.0594. The number of carboxylic acids is 1. The van der Waals surface area contributed by atoms with Gasteiger partial charge in [0.1, 0.15) is 6.61 Å². The third-order valence-corrected chi connectivity index (χ3v) is 9.71. The second-order valence-electron chi connectivity index (χ2n) is 12.8. The van der Waals surface area contributed by atoms with Gasteiger partial charge in [0.05, 0.1) is 21.8 Å². The minimum atomic E-state index is -4.21. The normalized spacial score (nSPS) is 16.9. The first kappa shape index (κ1) is 30.9. The zero-order valence-corrected chi connectivity index (χ0v) is 25.9. The van der Waals surface area contributed by atoms with Crippen molar-refractivity contribution in [3.05, 3.63) is 65.2 Å². The summed E-state index contributed by atoms with van der Waals surface area (Å²) in [6.45, 7) is 7.76. The van der Waals surface area contributed by atoms with Gasteiger partial charge in [0, 0.05) is 23.7 Å². The van der Waals surface area contributed by atoms with Crippen LogP contribution in [0.2, 0.25) is 0 Å². The number of ether oxygens (including phenoxy) is 1. The molecule has 10 nitrogen and oxygen atoms in total. The van der Waals surface area contributed by atoms with E-state index in [-0.39, 0.29) is 34.9 Å². The first-order valence-corrected chi connectivity index (χ1v) is 16.1. The van der Waals surface area contributed by atoms with Crippen LogP contribution in [0.4, 0.5) is 5.95 Å². The highest BCUT2D eigenvalue weighted by molar-refractivity contribution is 7.92. The summed E-state index contributed by atoms with van der Waals surface area (Å²) in [6, 6.07) is 13.0. The Kier molecular flexibility index (Phi) is 8.52. The maximum absolute atomic E-state index is 13.3. The molecule has 43 heavy (non-hydrogen) atoms. The number of aliphatic hydroxyl groups is 1.